The Bertz CT molecular complexity index is 563. The lowest BCUT2D eigenvalue weighted by atomic mass is 9.47. The number of aliphatic hydroxyl groups is 1. The lowest BCUT2D eigenvalue weighted by Gasteiger charge is -2.57. The molecule has 0 aromatic rings. The van der Waals surface area contributed by atoms with Gasteiger partial charge in [0.2, 0.25) is 0 Å². The van der Waals surface area contributed by atoms with Crippen molar-refractivity contribution in [3.8, 4) is 0 Å². The third-order valence-electron chi connectivity index (χ3n) is 7.68. The maximum absolute atomic E-state index is 12.4. The van der Waals surface area contributed by atoms with Crippen LogP contribution in [0.15, 0.2) is 11.6 Å². The van der Waals surface area contributed by atoms with Crippen molar-refractivity contribution in [2.24, 2.45) is 28.6 Å². The Hall–Kier alpha value is -0.960. The lowest BCUT2D eigenvalue weighted by molar-refractivity contribution is -0.134. The van der Waals surface area contributed by atoms with Gasteiger partial charge < -0.3 is 5.11 Å². The smallest absolute Gasteiger partial charge is 0.155 e. The molecule has 22 heavy (non-hydrogen) atoms. The van der Waals surface area contributed by atoms with Crippen LogP contribution in [0.3, 0.4) is 0 Å². The van der Waals surface area contributed by atoms with Gasteiger partial charge in [-0.05, 0) is 62.4 Å². The quantitative estimate of drug-likeness (QED) is 0.810. The fourth-order valence-electron chi connectivity index (χ4n) is 6.43. The summed E-state index contributed by atoms with van der Waals surface area (Å²) in [5, 5.41) is 10.2. The van der Waals surface area contributed by atoms with E-state index in [1.54, 1.807) is 0 Å². The maximum Gasteiger partial charge on any atom is 0.155 e. The highest BCUT2D eigenvalue weighted by molar-refractivity contribution is 5.91. The minimum Gasteiger partial charge on any atom is -0.395 e. The van der Waals surface area contributed by atoms with Gasteiger partial charge in [0.1, 0.15) is 5.78 Å². The van der Waals surface area contributed by atoms with Gasteiger partial charge in [-0.3, -0.25) is 9.59 Å². The molecule has 0 radical (unpaired) electrons. The van der Waals surface area contributed by atoms with Crippen LogP contribution < -0.4 is 0 Å². The molecule has 3 saturated carbocycles. The predicted molar refractivity (Wildman–Crippen MR) is 83.1 cm³/mol. The van der Waals surface area contributed by atoms with Crippen molar-refractivity contribution in [2.45, 2.75) is 58.3 Å². The second-order valence-electron chi connectivity index (χ2n) is 8.28. The predicted octanol–water partition coefficient (Wildman–Crippen LogP) is 3.06. The van der Waals surface area contributed by atoms with Crippen molar-refractivity contribution in [1.82, 2.24) is 0 Å². The molecule has 120 valence electrons. The Balaban J connectivity index is 1.73. The molecule has 0 amide bonds. The number of carbonyl (C=O) groups excluding carboxylic acids is 2. The normalized spacial score (nSPS) is 47.5. The van der Waals surface area contributed by atoms with Crippen LogP contribution in [0.1, 0.15) is 58.3 Å². The summed E-state index contributed by atoms with van der Waals surface area (Å²) in [6, 6.07) is 0. The zero-order chi connectivity index (χ0) is 15.5. The van der Waals surface area contributed by atoms with E-state index in [2.05, 4.69) is 6.92 Å². The van der Waals surface area contributed by atoms with E-state index in [0.29, 0.717) is 30.0 Å². The molecule has 4 rings (SSSR count). The Morgan fingerprint density at radius 2 is 1.91 bits per heavy atom. The van der Waals surface area contributed by atoms with Crippen LogP contribution in [0.2, 0.25) is 0 Å². The summed E-state index contributed by atoms with van der Waals surface area (Å²) in [7, 11) is 0. The van der Waals surface area contributed by atoms with E-state index < -0.39 is 0 Å². The fraction of sp³-hybridized carbons (Fsp3) is 0.789. The highest BCUT2D eigenvalue weighted by Crippen LogP contribution is 2.64. The van der Waals surface area contributed by atoms with Crippen LogP contribution in [0, 0.1) is 28.6 Å². The second-order valence-corrected chi connectivity index (χ2v) is 8.28. The van der Waals surface area contributed by atoms with Crippen molar-refractivity contribution < 1.29 is 14.7 Å². The number of ketones is 2. The van der Waals surface area contributed by atoms with Gasteiger partial charge in [-0.2, -0.15) is 0 Å². The first-order chi connectivity index (χ1) is 10.5. The van der Waals surface area contributed by atoms with Gasteiger partial charge in [-0.15, -0.1) is 0 Å². The molecule has 0 spiro atoms. The number of fused-ring (bicyclic) bond motifs is 5. The summed E-state index contributed by atoms with van der Waals surface area (Å²) in [6.07, 6.45) is 9.06. The van der Waals surface area contributed by atoms with E-state index in [0.717, 1.165) is 44.9 Å². The average molecular weight is 302 g/mol. The minimum atomic E-state index is -0.163. The van der Waals surface area contributed by atoms with E-state index in [-0.39, 0.29) is 23.2 Å². The Kier molecular flexibility index (Phi) is 3.17. The first kappa shape index (κ1) is 14.6. The van der Waals surface area contributed by atoms with Crippen molar-refractivity contribution >= 4 is 11.6 Å². The highest BCUT2D eigenvalue weighted by Gasteiger charge is 2.59. The van der Waals surface area contributed by atoms with Crippen molar-refractivity contribution in [3.63, 3.8) is 0 Å². The zero-order valence-corrected chi connectivity index (χ0v) is 13.4. The van der Waals surface area contributed by atoms with Gasteiger partial charge in [-0.25, -0.2) is 0 Å². The SMILES string of the molecule is C[C@]12CCC3C(CCC4=CC(=O)CC[C@@]43CO)C1CCC2=O. The van der Waals surface area contributed by atoms with Crippen LogP contribution in [0.4, 0.5) is 0 Å². The standard InChI is InChI=1S/C19H26O3/c1-18-8-7-16-14(15(18)4-5-17(18)22)3-2-12-10-13(21)6-9-19(12,16)11-20/h10,14-16,20H,2-9,11H2,1H3/t14?,15?,16?,18-,19+/m0/s1. The Morgan fingerprint density at radius 1 is 1.09 bits per heavy atom. The molecule has 3 fully saturated rings. The number of aliphatic hydroxyl groups excluding tert-OH is 1. The molecular weight excluding hydrogens is 276 g/mol. The molecule has 0 aliphatic heterocycles. The third kappa shape index (κ3) is 1.72. The fourth-order valence-corrected chi connectivity index (χ4v) is 6.43. The molecule has 3 unspecified atom stereocenters. The van der Waals surface area contributed by atoms with Crippen LogP contribution in [-0.2, 0) is 9.59 Å². The van der Waals surface area contributed by atoms with Crippen LogP contribution in [-0.4, -0.2) is 23.3 Å². The summed E-state index contributed by atoms with van der Waals surface area (Å²) >= 11 is 0. The average Bonchev–Trinajstić information content (AvgIpc) is 2.82. The highest BCUT2D eigenvalue weighted by atomic mass is 16.3. The number of hydrogen-bond donors (Lipinski definition) is 1. The molecule has 4 aliphatic rings. The van der Waals surface area contributed by atoms with E-state index >= 15 is 0 Å². The summed E-state index contributed by atoms with van der Waals surface area (Å²) in [6.45, 7) is 2.36. The molecule has 0 heterocycles. The largest absolute Gasteiger partial charge is 0.395 e. The van der Waals surface area contributed by atoms with Gasteiger partial charge in [0, 0.05) is 23.7 Å². The van der Waals surface area contributed by atoms with E-state index in [1.165, 1.54) is 5.57 Å². The van der Waals surface area contributed by atoms with Crippen LogP contribution in [0.5, 0.6) is 0 Å². The number of rotatable bonds is 1. The minimum absolute atomic E-state index is 0.108. The molecule has 0 saturated heterocycles. The third-order valence-corrected chi connectivity index (χ3v) is 7.68. The van der Waals surface area contributed by atoms with Gasteiger partial charge in [0.15, 0.2) is 5.78 Å². The topological polar surface area (TPSA) is 54.4 Å². The van der Waals surface area contributed by atoms with E-state index in [1.807, 2.05) is 6.08 Å². The second kappa shape index (κ2) is 4.77. The summed E-state index contributed by atoms with van der Waals surface area (Å²) in [5.74, 6) is 2.22. The first-order valence-electron chi connectivity index (χ1n) is 8.89. The van der Waals surface area contributed by atoms with Crippen LogP contribution in [0.25, 0.3) is 0 Å². The number of Topliss-reactive ketones (excluding diaryl/α,β-unsaturated/α-hetero) is 1. The maximum atomic E-state index is 12.4. The molecule has 5 atom stereocenters. The van der Waals surface area contributed by atoms with Gasteiger partial charge in [-0.1, -0.05) is 12.5 Å². The van der Waals surface area contributed by atoms with Crippen molar-refractivity contribution in [3.05, 3.63) is 11.6 Å². The monoisotopic (exact) mass is 302 g/mol. The van der Waals surface area contributed by atoms with Gasteiger partial charge >= 0.3 is 0 Å². The lowest BCUT2D eigenvalue weighted by Crippen LogP contribution is -2.53. The molecule has 3 heteroatoms. The first-order valence-corrected chi connectivity index (χ1v) is 8.89. The number of hydrogen-bond acceptors (Lipinski definition) is 3. The molecule has 4 aliphatic carbocycles. The van der Waals surface area contributed by atoms with Crippen molar-refractivity contribution in [1.29, 1.82) is 0 Å². The molecule has 0 bridgehead atoms. The molecular formula is C19H26O3. The Labute approximate surface area is 132 Å². The summed E-state index contributed by atoms with van der Waals surface area (Å²) in [5.41, 5.74) is 0.938. The summed E-state index contributed by atoms with van der Waals surface area (Å²) in [4.78, 5) is 24.2. The molecule has 3 nitrogen and oxygen atoms in total. The number of carbonyl (C=O) groups is 2. The molecule has 1 N–H and O–H groups in total. The van der Waals surface area contributed by atoms with Gasteiger partial charge in [0.05, 0.1) is 6.61 Å². The van der Waals surface area contributed by atoms with E-state index in [4.69, 9.17) is 0 Å². The van der Waals surface area contributed by atoms with Crippen molar-refractivity contribution in [2.75, 3.05) is 6.61 Å². The molecule has 0 aromatic carbocycles. The summed E-state index contributed by atoms with van der Waals surface area (Å²) < 4.78 is 0. The molecule has 0 aromatic heterocycles. The van der Waals surface area contributed by atoms with Crippen LogP contribution >= 0.6 is 0 Å². The Morgan fingerprint density at radius 3 is 2.68 bits per heavy atom. The zero-order valence-electron chi connectivity index (χ0n) is 13.4. The van der Waals surface area contributed by atoms with E-state index in [9.17, 15) is 14.7 Å². The van der Waals surface area contributed by atoms with Gasteiger partial charge in [0.25, 0.3) is 0 Å².